The number of carbonyl (C=O) groups is 2. The van der Waals surface area contributed by atoms with Crippen molar-refractivity contribution in [3.05, 3.63) is 65.6 Å². The Labute approximate surface area is 165 Å². The number of carboxylic acid groups (broad SMARTS) is 1. The Morgan fingerprint density at radius 3 is 2.34 bits per heavy atom. The maximum absolute atomic E-state index is 13.2. The fourth-order valence-electron chi connectivity index (χ4n) is 3.08. The van der Waals surface area contributed by atoms with Gasteiger partial charge in [0.15, 0.2) is 11.5 Å². The summed E-state index contributed by atoms with van der Waals surface area (Å²) in [5.74, 6) is -2.93. The van der Waals surface area contributed by atoms with Gasteiger partial charge in [-0.25, -0.2) is 9.18 Å². The lowest BCUT2D eigenvalue weighted by Crippen LogP contribution is -2.09. The molecule has 0 saturated heterocycles. The van der Waals surface area contributed by atoms with E-state index in [2.05, 4.69) is 0 Å². The molecule has 1 heterocycles. The summed E-state index contributed by atoms with van der Waals surface area (Å²) in [5, 5.41) is 19.7. The predicted molar refractivity (Wildman–Crippen MR) is 104 cm³/mol. The third kappa shape index (κ3) is 3.91. The molecule has 0 amide bonds. The number of hydrogen-bond acceptors (Lipinski definition) is 5. The number of aromatic nitrogens is 1. The first kappa shape index (κ1) is 19.9. The largest absolute Gasteiger partial charge is 0.507 e. The van der Waals surface area contributed by atoms with Crippen LogP contribution in [0.2, 0.25) is 0 Å². The van der Waals surface area contributed by atoms with Crippen LogP contribution < -0.4 is 9.47 Å². The molecule has 8 heteroatoms. The quantitative estimate of drug-likeness (QED) is 0.359. The number of carboxylic acids is 1. The number of halogens is 1. The number of fused-ring (bicyclic) bond motifs is 1. The summed E-state index contributed by atoms with van der Waals surface area (Å²) in [4.78, 5) is 22.3. The van der Waals surface area contributed by atoms with E-state index in [-0.39, 0.29) is 11.4 Å². The molecule has 0 bridgehead atoms. The molecule has 2 aromatic carbocycles. The number of aliphatic carboxylic acids is 1. The average Bonchev–Trinajstić information content (AvgIpc) is 3.07. The van der Waals surface area contributed by atoms with Crippen molar-refractivity contribution in [2.24, 2.45) is 0 Å². The Hall–Kier alpha value is -3.81. The number of benzene rings is 2. The molecule has 0 aliphatic carbocycles. The number of aliphatic hydroxyl groups is 1. The highest BCUT2D eigenvalue weighted by Gasteiger charge is 2.20. The molecule has 29 heavy (non-hydrogen) atoms. The van der Waals surface area contributed by atoms with Crippen LogP contribution >= 0.6 is 0 Å². The number of rotatable bonds is 7. The molecule has 0 saturated carbocycles. The Bertz CT molecular complexity index is 1110. The number of carbonyl (C=O) groups excluding carboxylic acids is 1. The molecule has 0 radical (unpaired) electrons. The minimum atomic E-state index is -1.68. The van der Waals surface area contributed by atoms with Gasteiger partial charge in [0.1, 0.15) is 11.6 Å². The predicted octanol–water partition coefficient (Wildman–Crippen LogP) is 3.40. The van der Waals surface area contributed by atoms with Crippen molar-refractivity contribution < 1.29 is 33.7 Å². The molecular formula is C21H18FNO6. The van der Waals surface area contributed by atoms with Gasteiger partial charge in [0.05, 0.1) is 19.7 Å². The van der Waals surface area contributed by atoms with E-state index in [9.17, 15) is 19.1 Å². The molecule has 1 aromatic heterocycles. The van der Waals surface area contributed by atoms with E-state index >= 15 is 0 Å². The minimum Gasteiger partial charge on any atom is -0.507 e. The van der Waals surface area contributed by atoms with Gasteiger partial charge in [0, 0.05) is 29.8 Å². The van der Waals surface area contributed by atoms with Gasteiger partial charge < -0.3 is 24.3 Å². The second-order valence-electron chi connectivity index (χ2n) is 6.19. The van der Waals surface area contributed by atoms with Crippen molar-refractivity contribution in [3.63, 3.8) is 0 Å². The van der Waals surface area contributed by atoms with Gasteiger partial charge in [-0.05, 0) is 29.8 Å². The molecular weight excluding hydrogens is 381 g/mol. The van der Waals surface area contributed by atoms with Gasteiger partial charge in [-0.3, -0.25) is 4.79 Å². The van der Waals surface area contributed by atoms with Gasteiger partial charge >= 0.3 is 5.97 Å². The summed E-state index contributed by atoms with van der Waals surface area (Å²) in [7, 11) is 2.95. The van der Waals surface area contributed by atoms with Crippen LogP contribution in [0, 0.1) is 5.82 Å². The molecule has 0 aliphatic rings. The SMILES string of the molecule is COc1ccc2c(/C(O)=C\C(=O)C(=O)O)cn(Cc3ccc(F)cc3)c2c1OC. The van der Waals surface area contributed by atoms with Gasteiger partial charge in [-0.15, -0.1) is 0 Å². The smallest absolute Gasteiger partial charge is 0.376 e. The normalized spacial score (nSPS) is 11.5. The molecule has 7 nitrogen and oxygen atoms in total. The van der Waals surface area contributed by atoms with E-state index in [1.807, 2.05) is 0 Å². The lowest BCUT2D eigenvalue weighted by molar-refractivity contribution is -0.146. The van der Waals surface area contributed by atoms with Gasteiger partial charge in [0.2, 0.25) is 0 Å². The molecule has 0 atom stereocenters. The van der Waals surface area contributed by atoms with Crippen LogP contribution in [0.1, 0.15) is 11.1 Å². The van der Waals surface area contributed by atoms with Crippen LogP contribution in [0.25, 0.3) is 16.7 Å². The van der Waals surface area contributed by atoms with Crippen LogP contribution in [-0.4, -0.2) is 40.8 Å². The summed E-state index contributed by atoms with van der Waals surface area (Å²) in [5.41, 5.74) is 1.59. The van der Waals surface area contributed by atoms with E-state index < -0.39 is 17.5 Å². The monoisotopic (exact) mass is 399 g/mol. The summed E-state index contributed by atoms with van der Waals surface area (Å²) < 4.78 is 25.8. The summed E-state index contributed by atoms with van der Waals surface area (Å²) in [6.07, 6.45) is 2.22. The molecule has 3 aromatic rings. The Kier molecular flexibility index (Phi) is 5.54. The lowest BCUT2D eigenvalue weighted by Gasteiger charge is -2.12. The zero-order valence-electron chi connectivity index (χ0n) is 15.7. The van der Waals surface area contributed by atoms with Crippen molar-refractivity contribution in [2.75, 3.05) is 14.2 Å². The molecule has 0 unspecified atom stereocenters. The third-order valence-corrected chi connectivity index (χ3v) is 4.40. The maximum atomic E-state index is 13.2. The average molecular weight is 399 g/mol. The Balaban J connectivity index is 2.22. The van der Waals surface area contributed by atoms with Crippen molar-refractivity contribution in [3.8, 4) is 11.5 Å². The number of nitrogens with zero attached hydrogens (tertiary/aromatic N) is 1. The number of ketones is 1. The third-order valence-electron chi connectivity index (χ3n) is 4.40. The number of hydrogen-bond donors (Lipinski definition) is 2. The topological polar surface area (TPSA) is 98.0 Å². The van der Waals surface area contributed by atoms with E-state index in [1.54, 1.807) is 35.0 Å². The summed E-state index contributed by atoms with van der Waals surface area (Å²) in [6, 6.07) is 9.22. The van der Waals surface area contributed by atoms with Crippen LogP contribution in [0.3, 0.4) is 0 Å². The van der Waals surface area contributed by atoms with Crippen molar-refractivity contribution >= 4 is 28.4 Å². The molecule has 3 rings (SSSR count). The van der Waals surface area contributed by atoms with Gasteiger partial charge in [0.25, 0.3) is 5.78 Å². The zero-order valence-corrected chi connectivity index (χ0v) is 15.7. The Morgan fingerprint density at radius 2 is 1.76 bits per heavy atom. The molecule has 2 N–H and O–H groups in total. The van der Waals surface area contributed by atoms with Crippen LogP contribution in [0.4, 0.5) is 4.39 Å². The molecule has 150 valence electrons. The van der Waals surface area contributed by atoms with Crippen molar-refractivity contribution in [2.45, 2.75) is 6.54 Å². The van der Waals surface area contributed by atoms with Crippen LogP contribution in [0.5, 0.6) is 11.5 Å². The zero-order chi connectivity index (χ0) is 21.1. The fraction of sp³-hybridized carbons (Fsp3) is 0.143. The summed E-state index contributed by atoms with van der Waals surface area (Å²) in [6.45, 7) is 0.306. The van der Waals surface area contributed by atoms with E-state index in [0.717, 1.165) is 5.56 Å². The fourth-order valence-corrected chi connectivity index (χ4v) is 3.08. The highest BCUT2D eigenvalue weighted by molar-refractivity contribution is 6.38. The van der Waals surface area contributed by atoms with Gasteiger partial charge in [-0.1, -0.05) is 12.1 Å². The second-order valence-corrected chi connectivity index (χ2v) is 6.19. The lowest BCUT2D eigenvalue weighted by atomic mass is 10.1. The first-order valence-electron chi connectivity index (χ1n) is 8.52. The standard InChI is InChI=1S/C21H18FNO6/c1-28-18-8-7-14-15(16(24)9-17(25)21(26)27)11-23(19(14)20(18)29-2)10-12-3-5-13(22)6-4-12/h3-9,11,24H,10H2,1-2H3,(H,26,27)/b16-9+. The van der Waals surface area contributed by atoms with Crippen molar-refractivity contribution in [1.82, 2.24) is 4.57 Å². The molecule has 0 spiro atoms. The van der Waals surface area contributed by atoms with Crippen molar-refractivity contribution in [1.29, 1.82) is 0 Å². The molecule has 0 fully saturated rings. The maximum Gasteiger partial charge on any atom is 0.376 e. The van der Waals surface area contributed by atoms with E-state index in [4.69, 9.17) is 14.6 Å². The number of aliphatic hydroxyl groups excluding tert-OH is 1. The molecule has 0 aliphatic heterocycles. The first-order valence-corrected chi connectivity index (χ1v) is 8.52. The minimum absolute atomic E-state index is 0.248. The highest BCUT2D eigenvalue weighted by atomic mass is 19.1. The highest BCUT2D eigenvalue weighted by Crippen LogP contribution is 2.39. The number of methoxy groups -OCH3 is 2. The van der Waals surface area contributed by atoms with E-state index in [1.165, 1.54) is 26.4 Å². The van der Waals surface area contributed by atoms with Crippen LogP contribution in [-0.2, 0) is 16.1 Å². The number of ether oxygens (including phenoxy) is 2. The summed E-state index contributed by atoms with van der Waals surface area (Å²) >= 11 is 0. The van der Waals surface area contributed by atoms with E-state index in [0.29, 0.717) is 35.0 Å². The van der Waals surface area contributed by atoms with Crippen LogP contribution in [0.15, 0.2) is 48.7 Å². The second kappa shape index (κ2) is 8.05. The Morgan fingerprint density at radius 1 is 1.07 bits per heavy atom. The first-order chi connectivity index (χ1) is 13.8. The van der Waals surface area contributed by atoms with Gasteiger partial charge in [-0.2, -0.15) is 0 Å².